The maximum atomic E-state index is 12.7. The number of esters is 2. The zero-order valence-electron chi connectivity index (χ0n) is 33.2. The summed E-state index contributed by atoms with van der Waals surface area (Å²) in [6.45, 7) is 22.3. The van der Waals surface area contributed by atoms with E-state index in [4.69, 9.17) is 39.3 Å². The molecule has 0 spiro atoms. The molecule has 6 atom stereocenters. The highest BCUT2D eigenvalue weighted by atomic mass is 16.7. The molecule has 0 aliphatic carbocycles. The van der Waals surface area contributed by atoms with Crippen molar-refractivity contribution >= 4 is 31.2 Å². The van der Waals surface area contributed by atoms with Crippen LogP contribution in [0.1, 0.15) is 88.5 Å². The van der Waals surface area contributed by atoms with Gasteiger partial charge in [-0.1, -0.05) is 22.7 Å². The summed E-state index contributed by atoms with van der Waals surface area (Å²) in [4.78, 5) is 58.0. The van der Waals surface area contributed by atoms with Crippen LogP contribution in [0.15, 0.2) is 22.9 Å². The topological polar surface area (TPSA) is 228 Å². The van der Waals surface area contributed by atoms with Crippen LogP contribution in [0.2, 0.25) is 6.32 Å². The lowest BCUT2D eigenvalue weighted by molar-refractivity contribution is -0.147. The molecule has 2 amide bonds. The smallest absolute Gasteiger partial charge is 0.457 e. The molecular weight excluding hydrogens is 691 g/mol. The quantitative estimate of drug-likeness (QED) is 0.0442. The standard InChI is InChI=1S/C20H35BN4O6.C14H22N4O4/c1-18(2,3)29-17(27)25-12-14(23-24-22)13(15(25)16(26)28-8)10-9-11-21-30-19(4,5)20(6,7)31-21;1-6-7-9-10(16-17-15)8-18(11(9)12(19)21-5)13(20)22-14(2,3)4/h13-15H,9-12H2,1-8H3;6,9-11H,1,7-8H2,2-5H3/t13-,14+,15+;9-,10+,11+/m11/s1. The van der Waals surface area contributed by atoms with Crippen LogP contribution < -0.4 is 0 Å². The van der Waals surface area contributed by atoms with Crippen molar-refractivity contribution in [2.75, 3.05) is 27.3 Å². The molecule has 3 rings (SSSR count). The zero-order valence-corrected chi connectivity index (χ0v) is 33.2. The van der Waals surface area contributed by atoms with E-state index in [0.717, 1.165) is 0 Å². The first-order valence-corrected chi connectivity index (χ1v) is 17.7. The average Bonchev–Trinajstić information content (AvgIpc) is 3.64. The Kier molecular flexibility index (Phi) is 15.5. The van der Waals surface area contributed by atoms with E-state index in [1.54, 1.807) is 47.6 Å². The summed E-state index contributed by atoms with van der Waals surface area (Å²) in [5.74, 6) is -1.89. The summed E-state index contributed by atoms with van der Waals surface area (Å²) in [5, 5.41) is 7.55. The number of methoxy groups -OCH3 is 2. The van der Waals surface area contributed by atoms with Gasteiger partial charge in [0.05, 0.1) is 37.5 Å². The molecule has 0 saturated carbocycles. The van der Waals surface area contributed by atoms with Crippen LogP contribution >= 0.6 is 0 Å². The minimum Gasteiger partial charge on any atom is -0.467 e. The van der Waals surface area contributed by atoms with Gasteiger partial charge in [-0.05, 0) is 99.5 Å². The second kappa shape index (κ2) is 18.2. The fourth-order valence-electron chi connectivity index (χ4n) is 6.46. The SMILES string of the molecule is C=CC[C@@H]1[C@@H](N=[N+]=[N-])CN(C(=O)OC(C)(C)C)[C@@H]1C(=O)OC.COC(=O)[C@@H]1[C@H](CCCB2OC(C)(C)C(C)(C)O2)[C@@H](N=[N+]=[N-])CN1C(=O)OC(C)(C)C. The average molecular weight is 749 g/mol. The van der Waals surface area contributed by atoms with E-state index in [2.05, 4.69) is 26.6 Å². The second-order valence-corrected chi connectivity index (χ2v) is 16.2. The predicted octanol–water partition coefficient (Wildman–Crippen LogP) is 6.60. The minimum absolute atomic E-state index is 0.0971. The van der Waals surface area contributed by atoms with Crippen molar-refractivity contribution < 1.29 is 47.4 Å². The summed E-state index contributed by atoms with van der Waals surface area (Å²) >= 11 is 0. The number of azide groups is 2. The van der Waals surface area contributed by atoms with Gasteiger partial charge in [0.2, 0.25) is 0 Å². The molecule has 0 radical (unpaired) electrons. The monoisotopic (exact) mass is 748 g/mol. The van der Waals surface area contributed by atoms with E-state index in [1.165, 1.54) is 24.0 Å². The predicted molar refractivity (Wildman–Crippen MR) is 195 cm³/mol. The molecule has 0 N–H and O–H groups in total. The van der Waals surface area contributed by atoms with Crippen molar-refractivity contribution in [3.63, 3.8) is 0 Å². The number of allylic oxidation sites excluding steroid dienone is 1. The molecule has 53 heavy (non-hydrogen) atoms. The van der Waals surface area contributed by atoms with Crippen molar-refractivity contribution in [2.24, 2.45) is 22.1 Å². The Balaban J connectivity index is 0.000000390. The lowest BCUT2D eigenvalue weighted by Crippen LogP contribution is -2.46. The fourth-order valence-corrected chi connectivity index (χ4v) is 6.46. The number of carbonyl (C=O) groups is 4. The van der Waals surface area contributed by atoms with E-state index in [0.29, 0.717) is 25.6 Å². The molecule has 0 bridgehead atoms. The Morgan fingerprint density at radius 3 is 1.57 bits per heavy atom. The number of nitrogens with zero attached hydrogens (tertiary/aromatic N) is 8. The maximum absolute atomic E-state index is 12.7. The van der Waals surface area contributed by atoms with Gasteiger partial charge in [-0.3, -0.25) is 9.80 Å². The lowest BCUT2D eigenvalue weighted by atomic mass is 9.79. The van der Waals surface area contributed by atoms with Crippen molar-refractivity contribution in [3.05, 3.63) is 33.5 Å². The lowest BCUT2D eigenvalue weighted by Gasteiger charge is -2.32. The van der Waals surface area contributed by atoms with Crippen LogP contribution in [0.25, 0.3) is 20.9 Å². The van der Waals surface area contributed by atoms with Crippen molar-refractivity contribution in [1.82, 2.24) is 9.80 Å². The molecule has 3 aliphatic rings. The largest absolute Gasteiger partial charge is 0.467 e. The van der Waals surface area contributed by atoms with Gasteiger partial charge in [0, 0.05) is 34.7 Å². The van der Waals surface area contributed by atoms with Gasteiger partial charge in [0.15, 0.2) is 0 Å². The Bertz CT molecular complexity index is 1420. The first-order chi connectivity index (χ1) is 24.5. The molecule has 3 saturated heterocycles. The van der Waals surface area contributed by atoms with E-state index >= 15 is 0 Å². The number of rotatable bonds is 10. The minimum atomic E-state index is -0.881. The molecule has 296 valence electrons. The first kappa shape index (κ1) is 45.0. The number of likely N-dealkylation sites (tertiary alicyclic amines) is 2. The van der Waals surface area contributed by atoms with Gasteiger partial charge in [-0.15, -0.1) is 6.58 Å². The van der Waals surface area contributed by atoms with Crippen LogP contribution in [0.4, 0.5) is 9.59 Å². The molecule has 18 nitrogen and oxygen atoms in total. The highest BCUT2D eigenvalue weighted by Crippen LogP contribution is 2.39. The van der Waals surface area contributed by atoms with E-state index < -0.39 is 76.6 Å². The molecule has 3 fully saturated rings. The highest BCUT2D eigenvalue weighted by Gasteiger charge is 2.52. The third kappa shape index (κ3) is 11.9. The van der Waals surface area contributed by atoms with Crippen LogP contribution in [0.3, 0.4) is 0 Å². The van der Waals surface area contributed by atoms with E-state index in [9.17, 15) is 19.2 Å². The normalized spacial score (nSPS) is 25.9. The van der Waals surface area contributed by atoms with Gasteiger partial charge >= 0.3 is 31.2 Å². The van der Waals surface area contributed by atoms with Gasteiger partial charge in [0.1, 0.15) is 23.3 Å². The molecule has 0 aromatic rings. The summed E-state index contributed by atoms with van der Waals surface area (Å²) in [5.41, 5.74) is 15.5. The summed E-state index contributed by atoms with van der Waals surface area (Å²) in [6.07, 6.45) is 2.60. The number of hydrogen-bond donors (Lipinski definition) is 0. The van der Waals surface area contributed by atoms with Gasteiger partial charge in [-0.25, -0.2) is 19.2 Å². The van der Waals surface area contributed by atoms with Crippen molar-refractivity contribution in [1.29, 1.82) is 0 Å². The Labute approximate surface area is 312 Å². The Hall–Kier alpha value is -4.18. The summed E-state index contributed by atoms with van der Waals surface area (Å²) in [6, 6.07) is -2.82. The number of ether oxygens (including phenoxy) is 4. The molecule has 0 aromatic carbocycles. The Morgan fingerprint density at radius 2 is 1.21 bits per heavy atom. The summed E-state index contributed by atoms with van der Waals surface area (Å²) < 4.78 is 32.6. The maximum Gasteiger partial charge on any atom is 0.457 e. The fraction of sp³-hybridized carbons (Fsp3) is 0.824. The Morgan fingerprint density at radius 1 is 0.811 bits per heavy atom. The summed E-state index contributed by atoms with van der Waals surface area (Å²) in [7, 11) is 2.17. The van der Waals surface area contributed by atoms with Crippen molar-refractivity contribution in [2.45, 2.75) is 141 Å². The molecule has 3 aliphatic heterocycles. The number of carbonyl (C=O) groups excluding carboxylic acids is 4. The number of hydrogen-bond acceptors (Lipinski definition) is 12. The molecular formula is C34H57BN8O10. The first-order valence-electron chi connectivity index (χ1n) is 17.7. The van der Waals surface area contributed by atoms with Crippen LogP contribution in [-0.2, 0) is 37.8 Å². The molecule has 0 unspecified atom stereocenters. The number of amides is 2. The zero-order chi connectivity index (χ0) is 40.5. The molecule has 0 aromatic heterocycles. The van der Waals surface area contributed by atoms with Crippen molar-refractivity contribution in [3.8, 4) is 0 Å². The van der Waals surface area contributed by atoms with E-state index in [1.807, 2.05) is 27.7 Å². The van der Waals surface area contributed by atoms with Crippen LogP contribution in [0.5, 0.6) is 0 Å². The van der Waals surface area contributed by atoms with Crippen LogP contribution in [-0.4, -0.2) is 115 Å². The van der Waals surface area contributed by atoms with Gasteiger partial charge in [-0.2, -0.15) is 0 Å². The van der Waals surface area contributed by atoms with E-state index in [-0.39, 0.29) is 26.1 Å². The third-order valence-electron chi connectivity index (χ3n) is 9.50. The van der Waals surface area contributed by atoms with Gasteiger partial charge in [0.25, 0.3) is 0 Å². The third-order valence-corrected chi connectivity index (χ3v) is 9.50. The molecule has 3 heterocycles. The van der Waals surface area contributed by atoms with Gasteiger partial charge < -0.3 is 28.3 Å². The molecule has 19 heteroatoms. The second-order valence-electron chi connectivity index (χ2n) is 16.2. The highest BCUT2D eigenvalue weighted by molar-refractivity contribution is 6.45. The van der Waals surface area contributed by atoms with Crippen LogP contribution in [0, 0.1) is 11.8 Å².